The number of thiocarbonyl (C=S) groups is 1. The Morgan fingerprint density at radius 1 is 0.906 bits per heavy atom. The number of aromatic nitrogens is 1. The van der Waals surface area contributed by atoms with Crippen molar-refractivity contribution in [1.29, 1.82) is 5.26 Å². The Bertz CT molecular complexity index is 2110. The van der Waals surface area contributed by atoms with Crippen molar-refractivity contribution < 1.29 is 27.6 Å². The molecule has 6 rings (SSSR count). The van der Waals surface area contributed by atoms with Crippen molar-refractivity contribution in [3.8, 4) is 6.07 Å². The lowest BCUT2D eigenvalue weighted by Gasteiger charge is -2.34. The van der Waals surface area contributed by atoms with Gasteiger partial charge in [-0.3, -0.25) is 19.3 Å². The van der Waals surface area contributed by atoms with E-state index in [4.69, 9.17) is 22.3 Å². The highest BCUT2D eigenvalue weighted by molar-refractivity contribution is 7.80. The zero-order valence-electron chi connectivity index (χ0n) is 28.5. The minimum Gasteiger partial charge on any atom is -0.330 e. The average Bonchev–Trinajstić information content (AvgIpc) is 3.34. The van der Waals surface area contributed by atoms with E-state index in [9.17, 15) is 22.8 Å². The number of hydrogen-bond donors (Lipinski definition) is 1. The fourth-order valence-corrected chi connectivity index (χ4v) is 6.64. The van der Waals surface area contributed by atoms with Crippen LogP contribution in [0.1, 0.15) is 52.9 Å². The Kier molecular flexibility index (Phi) is 10.2. The summed E-state index contributed by atoms with van der Waals surface area (Å²) in [4.78, 5) is 39.3. The van der Waals surface area contributed by atoms with Crippen LogP contribution >= 0.6 is 12.2 Å². The summed E-state index contributed by atoms with van der Waals surface area (Å²) in [7, 11) is 0. The third-order valence-electron chi connectivity index (χ3n) is 8.96. The molecule has 1 aromatic heterocycles. The van der Waals surface area contributed by atoms with Gasteiger partial charge in [0, 0.05) is 12.6 Å². The fraction of sp³-hybridized carbons (Fsp3) is 0.146. The molecule has 2 heterocycles. The number of hydroxylamine groups is 1. The molecule has 1 aliphatic heterocycles. The Morgan fingerprint density at radius 2 is 1.43 bits per heavy atom. The third kappa shape index (κ3) is 7.30. The van der Waals surface area contributed by atoms with Crippen molar-refractivity contribution in [3.63, 3.8) is 0 Å². The molecule has 53 heavy (non-hydrogen) atoms. The molecule has 0 bridgehead atoms. The summed E-state index contributed by atoms with van der Waals surface area (Å²) in [5.74, 6) is -1.03. The highest BCUT2D eigenvalue weighted by Gasteiger charge is 2.50. The molecule has 0 atom stereocenters. The van der Waals surface area contributed by atoms with E-state index in [0.29, 0.717) is 11.6 Å². The topological polar surface area (TPSA) is 98.6 Å². The van der Waals surface area contributed by atoms with Gasteiger partial charge in [-0.25, -0.2) is 10.5 Å². The average molecular weight is 732 g/mol. The fourth-order valence-electron chi connectivity index (χ4n) is 6.15. The SMILES string of the molecule is CC1(C)C(=O)N(c2cnc(C#N)c(C(F)(F)F)c2)C(=S)N1Cc1ccc(/C=C/C(=O)NOC(c2ccccc2)(c2ccccc2)c2ccccc2)cc1. The van der Waals surface area contributed by atoms with Gasteiger partial charge in [0.25, 0.3) is 11.8 Å². The van der Waals surface area contributed by atoms with Gasteiger partial charge >= 0.3 is 6.18 Å². The van der Waals surface area contributed by atoms with Gasteiger partial charge in [-0.05, 0) is 66.0 Å². The van der Waals surface area contributed by atoms with Crippen LogP contribution in [-0.4, -0.2) is 32.3 Å². The van der Waals surface area contributed by atoms with Crippen LogP contribution in [-0.2, 0) is 32.7 Å². The molecule has 2 amide bonds. The number of carbonyl (C=O) groups excluding carboxylic acids is 2. The predicted octanol–water partition coefficient (Wildman–Crippen LogP) is 7.94. The summed E-state index contributed by atoms with van der Waals surface area (Å²) >= 11 is 5.60. The van der Waals surface area contributed by atoms with Crippen LogP contribution in [0.3, 0.4) is 0 Å². The molecule has 5 aromatic rings. The van der Waals surface area contributed by atoms with Crippen LogP contribution in [0, 0.1) is 11.3 Å². The zero-order chi connectivity index (χ0) is 37.8. The Labute approximate surface area is 309 Å². The Morgan fingerprint density at radius 3 is 1.92 bits per heavy atom. The minimum absolute atomic E-state index is 0.00198. The zero-order valence-corrected chi connectivity index (χ0v) is 29.4. The van der Waals surface area contributed by atoms with E-state index in [1.807, 2.05) is 91.0 Å². The number of halogens is 3. The van der Waals surface area contributed by atoms with E-state index in [2.05, 4.69) is 10.5 Å². The third-order valence-corrected chi connectivity index (χ3v) is 9.36. The number of nitrogens with zero attached hydrogens (tertiary/aromatic N) is 4. The van der Waals surface area contributed by atoms with Gasteiger partial charge < -0.3 is 4.90 Å². The van der Waals surface area contributed by atoms with Crippen molar-refractivity contribution >= 4 is 40.9 Å². The standard InChI is InChI=1S/C41H32F3N5O3S/c1-39(2)37(51)49(33-24-34(41(42,43)44)35(25-45)46-26-33)38(53)48(39)27-29-20-18-28(19-21-29)22-23-36(50)47-52-40(30-12-6-3-7-13-30,31-14-8-4-9-15-31)32-16-10-5-11-17-32/h3-24,26H,27H2,1-2H3,(H,47,50)/b23-22+. The molecule has 1 saturated heterocycles. The molecule has 1 aliphatic rings. The molecule has 12 heteroatoms. The van der Waals surface area contributed by atoms with E-state index < -0.39 is 40.4 Å². The van der Waals surface area contributed by atoms with Crippen molar-refractivity contribution in [1.82, 2.24) is 15.4 Å². The van der Waals surface area contributed by atoms with Crippen LogP contribution in [0.5, 0.6) is 0 Å². The Balaban J connectivity index is 1.17. The summed E-state index contributed by atoms with van der Waals surface area (Å²) in [6, 6.07) is 38.2. The van der Waals surface area contributed by atoms with E-state index in [1.165, 1.54) is 12.1 Å². The van der Waals surface area contributed by atoms with E-state index in [-0.39, 0.29) is 17.3 Å². The molecule has 1 fully saturated rings. The first-order valence-electron chi connectivity index (χ1n) is 16.4. The van der Waals surface area contributed by atoms with Crippen LogP contribution in [0.15, 0.2) is 134 Å². The highest BCUT2D eigenvalue weighted by atomic mass is 32.1. The molecule has 4 aromatic carbocycles. The number of benzene rings is 4. The number of nitriles is 1. The van der Waals surface area contributed by atoms with Crippen molar-refractivity contribution in [3.05, 3.63) is 173 Å². The molecule has 0 radical (unpaired) electrons. The molecule has 266 valence electrons. The van der Waals surface area contributed by atoms with Gasteiger partial charge in [0.05, 0.1) is 17.4 Å². The van der Waals surface area contributed by atoms with Crippen molar-refractivity contribution in [2.24, 2.45) is 0 Å². The summed E-state index contributed by atoms with van der Waals surface area (Å²) < 4.78 is 41.0. The number of carbonyl (C=O) groups is 2. The van der Waals surface area contributed by atoms with Gasteiger partial charge in [0.1, 0.15) is 11.6 Å². The predicted molar refractivity (Wildman–Crippen MR) is 198 cm³/mol. The van der Waals surface area contributed by atoms with Crippen LogP contribution in [0.2, 0.25) is 0 Å². The Hall–Kier alpha value is -6.16. The number of anilines is 1. The first kappa shape index (κ1) is 36.6. The first-order chi connectivity index (χ1) is 25.4. The maximum atomic E-state index is 13.7. The van der Waals surface area contributed by atoms with Gasteiger partial charge in [-0.2, -0.15) is 18.4 Å². The lowest BCUT2D eigenvalue weighted by molar-refractivity contribution is -0.138. The van der Waals surface area contributed by atoms with E-state index >= 15 is 0 Å². The molecule has 1 N–H and O–H groups in total. The summed E-state index contributed by atoms with van der Waals surface area (Å²) in [6.45, 7) is 3.43. The maximum Gasteiger partial charge on any atom is 0.419 e. The number of rotatable bonds is 10. The van der Waals surface area contributed by atoms with Gasteiger partial charge in [0.2, 0.25) is 0 Å². The largest absolute Gasteiger partial charge is 0.419 e. The highest BCUT2D eigenvalue weighted by Crippen LogP contribution is 2.40. The van der Waals surface area contributed by atoms with Crippen molar-refractivity contribution in [2.75, 3.05) is 4.90 Å². The molecule has 0 unspecified atom stereocenters. The molecular weight excluding hydrogens is 700 g/mol. The monoisotopic (exact) mass is 731 g/mol. The molecule has 0 saturated carbocycles. The second-order valence-electron chi connectivity index (χ2n) is 12.7. The number of pyridine rings is 1. The summed E-state index contributed by atoms with van der Waals surface area (Å²) in [6.07, 6.45) is -0.833. The number of nitrogens with one attached hydrogen (secondary N) is 1. The molecular formula is C41H32F3N5O3S. The minimum atomic E-state index is -4.85. The lowest BCUT2D eigenvalue weighted by atomic mass is 9.80. The molecule has 0 spiro atoms. The maximum absolute atomic E-state index is 13.7. The number of alkyl halides is 3. The smallest absolute Gasteiger partial charge is 0.330 e. The van der Waals surface area contributed by atoms with Crippen LogP contribution in [0.4, 0.5) is 18.9 Å². The normalized spacial score (nSPS) is 14.4. The first-order valence-corrected chi connectivity index (χ1v) is 16.8. The summed E-state index contributed by atoms with van der Waals surface area (Å²) in [5, 5.41) is 9.12. The number of hydrogen-bond acceptors (Lipinski definition) is 6. The second-order valence-corrected chi connectivity index (χ2v) is 13.1. The van der Waals surface area contributed by atoms with Gasteiger partial charge in [-0.15, -0.1) is 0 Å². The van der Waals surface area contributed by atoms with Gasteiger partial charge in [-0.1, -0.05) is 115 Å². The lowest BCUT2D eigenvalue weighted by Crippen LogP contribution is -2.43. The van der Waals surface area contributed by atoms with Crippen LogP contribution < -0.4 is 10.4 Å². The van der Waals surface area contributed by atoms with E-state index in [0.717, 1.165) is 33.4 Å². The second kappa shape index (κ2) is 14.8. The van der Waals surface area contributed by atoms with Gasteiger partial charge in [0.15, 0.2) is 16.4 Å². The molecule has 8 nitrogen and oxygen atoms in total. The molecule has 0 aliphatic carbocycles. The van der Waals surface area contributed by atoms with Crippen molar-refractivity contribution in [2.45, 2.75) is 37.7 Å². The summed E-state index contributed by atoms with van der Waals surface area (Å²) in [5.41, 5.74) is 1.98. The number of amides is 2. The van der Waals surface area contributed by atoms with E-state index in [1.54, 1.807) is 49.1 Å². The van der Waals surface area contributed by atoms with Crippen LogP contribution in [0.25, 0.3) is 6.08 Å². The quantitative estimate of drug-likeness (QED) is 0.0674.